The normalized spacial score (nSPS) is 13.0. The van der Waals surface area contributed by atoms with E-state index in [0.29, 0.717) is 12.0 Å². The van der Waals surface area contributed by atoms with Crippen LogP contribution in [0.4, 0.5) is 0 Å². The second-order valence-corrected chi connectivity index (χ2v) is 10.5. The fourth-order valence-corrected chi connectivity index (χ4v) is 4.95. The third kappa shape index (κ3) is 5.27. The maximum Gasteiger partial charge on any atom is 0.335 e. The molecule has 0 amide bonds. The number of aryl methyl sites for hydroxylation is 1. The minimum atomic E-state index is -0.917. The highest BCUT2D eigenvalue weighted by atomic mass is 16.5. The van der Waals surface area contributed by atoms with Crippen LogP contribution in [0.2, 0.25) is 0 Å². The van der Waals surface area contributed by atoms with Gasteiger partial charge in [0.1, 0.15) is 5.75 Å². The molecule has 0 bridgehead atoms. The van der Waals surface area contributed by atoms with Crippen molar-refractivity contribution in [3.63, 3.8) is 0 Å². The number of carbonyl (C=O) groups excluding carboxylic acids is 1. The van der Waals surface area contributed by atoms with E-state index in [1.165, 1.54) is 11.1 Å². The summed E-state index contributed by atoms with van der Waals surface area (Å²) in [5.74, 6) is -0.0547. The standard InChI is InChI=1S/C31H38O4/c1-8-26(28(32)30(5,6)7)35-27-16-15-24(17-20(27)4)31(9-2,10-3)25-14-13-21-18-23(29(33)34)12-11-22(21)19-25/h11-19,26H,8-10H2,1-7H3,(H,33,34). The highest BCUT2D eigenvalue weighted by molar-refractivity contribution is 5.94. The van der Waals surface area contributed by atoms with Gasteiger partial charge in [0.05, 0.1) is 5.56 Å². The molecular formula is C31H38O4. The quantitative estimate of drug-likeness (QED) is 0.345. The number of rotatable bonds is 9. The highest BCUT2D eigenvalue weighted by Gasteiger charge is 2.33. The van der Waals surface area contributed by atoms with Gasteiger partial charge in [-0.25, -0.2) is 4.79 Å². The average molecular weight is 475 g/mol. The van der Waals surface area contributed by atoms with Crippen LogP contribution in [0, 0.1) is 12.3 Å². The van der Waals surface area contributed by atoms with Crippen molar-refractivity contribution in [2.24, 2.45) is 5.41 Å². The molecule has 0 aromatic heterocycles. The van der Waals surface area contributed by atoms with E-state index < -0.39 is 17.5 Å². The molecule has 0 aliphatic rings. The van der Waals surface area contributed by atoms with Gasteiger partial charge in [-0.05, 0) is 71.8 Å². The summed E-state index contributed by atoms with van der Waals surface area (Å²) in [5.41, 5.74) is 3.10. The van der Waals surface area contributed by atoms with E-state index in [1.807, 2.05) is 52.8 Å². The number of carbonyl (C=O) groups is 2. The zero-order chi connectivity index (χ0) is 26.0. The van der Waals surface area contributed by atoms with Gasteiger partial charge >= 0.3 is 5.97 Å². The largest absolute Gasteiger partial charge is 0.482 e. The van der Waals surface area contributed by atoms with Crippen molar-refractivity contribution in [2.75, 3.05) is 0 Å². The van der Waals surface area contributed by atoms with Crippen molar-refractivity contribution in [1.82, 2.24) is 0 Å². The Morgan fingerprint density at radius 3 is 1.97 bits per heavy atom. The molecule has 35 heavy (non-hydrogen) atoms. The lowest BCUT2D eigenvalue weighted by atomic mass is 9.70. The summed E-state index contributed by atoms with van der Waals surface area (Å²) in [6.07, 6.45) is 2.01. The predicted octanol–water partition coefficient (Wildman–Crippen LogP) is 7.73. The van der Waals surface area contributed by atoms with E-state index in [2.05, 4.69) is 38.1 Å². The second-order valence-electron chi connectivity index (χ2n) is 10.5. The molecule has 0 fully saturated rings. The minimum absolute atomic E-state index is 0.113. The number of Topliss-reactive ketones (excluding diaryl/α,β-unsaturated/α-hetero) is 1. The van der Waals surface area contributed by atoms with Gasteiger partial charge in [-0.2, -0.15) is 0 Å². The Balaban J connectivity index is 2.00. The Morgan fingerprint density at radius 1 is 0.857 bits per heavy atom. The first-order chi connectivity index (χ1) is 16.5. The molecule has 4 heteroatoms. The Kier molecular flexibility index (Phi) is 7.74. The van der Waals surface area contributed by atoms with Gasteiger partial charge in [0, 0.05) is 10.8 Å². The van der Waals surface area contributed by atoms with Crippen LogP contribution in [0.1, 0.15) is 87.9 Å². The van der Waals surface area contributed by atoms with Crippen molar-refractivity contribution >= 4 is 22.5 Å². The molecule has 0 aliphatic heterocycles. The average Bonchev–Trinajstić information content (AvgIpc) is 2.83. The van der Waals surface area contributed by atoms with Gasteiger partial charge < -0.3 is 9.84 Å². The van der Waals surface area contributed by atoms with Crippen molar-refractivity contribution in [3.05, 3.63) is 76.9 Å². The van der Waals surface area contributed by atoms with Gasteiger partial charge in [-0.1, -0.05) is 77.9 Å². The van der Waals surface area contributed by atoms with E-state index >= 15 is 0 Å². The first-order valence-corrected chi connectivity index (χ1v) is 12.6. The lowest BCUT2D eigenvalue weighted by Gasteiger charge is -2.34. The minimum Gasteiger partial charge on any atom is -0.482 e. The summed E-state index contributed by atoms with van der Waals surface area (Å²) in [6, 6.07) is 17.9. The number of ketones is 1. The predicted molar refractivity (Wildman–Crippen MR) is 143 cm³/mol. The highest BCUT2D eigenvalue weighted by Crippen LogP contribution is 2.41. The molecule has 4 nitrogen and oxygen atoms in total. The van der Waals surface area contributed by atoms with E-state index in [0.717, 1.165) is 34.9 Å². The molecule has 1 atom stereocenters. The Labute approximate surface area is 209 Å². The topological polar surface area (TPSA) is 63.6 Å². The molecule has 3 aromatic rings. The lowest BCUT2D eigenvalue weighted by molar-refractivity contribution is -0.133. The maximum atomic E-state index is 12.8. The molecule has 3 aromatic carbocycles. The van der Waals surface area contributed by atoms with Crippen molar-refractivity contribution < 1.29 is 19.4 Å². The number of hydrogen-bond donors (Lipinski definition) is 1. The van der Waals surface area contributed by atoms with Crippen LogP contribution < -0.4 is 4.74 Å². The van der Waals surface area contributed by atoms with Crippen LogP contribution in [0.15, 0.2) is 54.6 Å². The van der Waals surface area contributed by atoms with Gasteiger partial charge in [0.15, 0.2) is 11.9 Å². The summed E-state index contributed by atoms with van der Waals surface area (Å²) in [7, 11) is 0. The number of aromatic carboxylic acids is 1. The van der Waals surface area contributed by atoms with Crippen molar-refractivity contribution in [3.8, 4) is 5.75 Å². The van der Waals surface area contributed by atoms with Gasteiger partial charge in [0.2, 0.25) is 0 Å². The van der Waals surface area contributed by atoms with Crippen LogP contribution in [-0.2, 0) is 10.2 Å². The fraction of sp³-hybridized carbons (Fsp3) is 0.419. The summed E-state index contributed by atoms with van der Waals surface area (Å²) in [4.78, 5) is 24.2. The van der Waals surface area contributed by atoms with Crippen LogP contribution in [0.25, 0.3) is 10.8 Å². The van der Waals surface area contributed by atoms with Crippen LogP contribution in [0.5, 0.6) is 5.75 Å². The molecular weight excluding hydrogens is 436 g/mol. The third-order valence-corrected chi connectivity index (χ3v) is 7.25. The Morgan fingerprint density at radius 2 is 1.43 bits per heavy atom. The third-order valence-electron chi connectivity index (χ3n) is 7.25. The lowest BCUT2D eigenvalue weighted by Crippen LogP contribution is -2.36. The molecule has 0 aliphatic carbocycles. The summed E-state index contributed by atoms with van der Waals surface area (Å²) in [5, 5.41) is 11.3. The molecule has 1 unspecified atom stereocenters. The van der Waals surface area contributed by atoms with Gasteiger partial charge in [-0.15, -0.1) is 0 Å². The molecule has 0 heterocycles. The van der Waals surface area contributed by atoms with E-state index in [-0.39, 0.29) is 11.2 Å². The van der Waals surface area contributed by atoms with Crippen molar-refractivity contribution in [1.29, 1.82) is 0 Å². The number of carboxylic acids is 1. The van der Waals surface area contributed by atoms with Gasteiger partial charge in [-0.3, -0.25) is 4.79 Å². The summed E-state index contributed by atoms with van der Waals surface area (Å²) in [6.45, 7) is 14.2. The monoisotopic (exact) mass is 474 g/mol. The molecule has 186 valence electrons. The molecule has 0 spiro atoms. The molecule has 3 rings (SSSR count). The maximum absolute atomic E-state index is 12.8. The van der Waals surface area contributed by atoms with Crippen molar-refractivity contribution in [2.45, 2.75) is 79.2 Å². The fourth-order valence-electron chi connectivity index (χ4n) is 4.95. The molecule has 0 saturated carbocycles. The number of carboxylic acid groups (broad SMARTS) is 1. The Bertz CT molecular complexity index is 1230. The Hall–Kier alpha value is -3.14. The zero-order valence-corrected chi connectivity index (χ0v) is 22.1. The molecule has 1 N–H and O–H groups in total. The second kappa shape index (κ2) is 10.2. The molecule has 0 radical (unpaired) electrons. The van der Waals surface area contributed by atoms with Crippen LogP contribution >= 0.6 is 0 Å². The van der Waals surface area contributed by atoms with Crippen LogP contribution in [0.3, 0.4) is 0 Å². The first-order valence-electron chi connectivity index (χ1n) is 12.6. The number of fused-ring (bicyclic) bond motifs is 1. The van der Waals surface area contributed by atoms with Crippen LogP contribution in [-0.4, -0.2) is 23.0 Å². The summed E-state index contributed by atoms with van der Waals surface area (Å²) < 4.78 is 6.21. The number of hydrogen-bond acceptors (Lipinski definition) is 3. The van der Waals surface area contributed by atoms with Gasteiger partial charge in [0.25, 0.3) is 0 Å². The SMILES string of the molecule is CCC(Oc1ccc(C(CC)(CC)c2ccc3cc(C(=O)O)ccc3c2)cc1C)C(=O)C(C)(C)C. The zero-order valence-electron chi connectivity index (χ0n) is 22.1. The first kappa shape index (κ1) is 26.5. The summed E-state index contributed by atoms with van der Waals surface area (Å²) >= 11 is 0. The smallest absolute Gasteiger partial charge is 0.335 e. The number of benzene rings is 3. The number of ether oxygens (including phenoxy) is 1. The van der Waals surface area contributed by atoms with E-state index in [1.54, 1.807) is 12.1 Å². The van der Waals surface area contributed by atoms with E-state index in [9.17, 15) is 14.7 Å². The molecule has 0 saturated heterocycles. The van der Waals surface area contributed by atoms with E-state index in [4.69, 9.17) is 4.74 Å².